The van der Waals surface area contributed by atoms with Gasteiger partial charge in [0.15, 0.2) is 0 Å². The van der Waals surface area contributed by atoms with E-state index in [2.05, 4.69) is 37.3 Å². The molecular formula is C18H20O. The summed E-state index contributed by atoms with van der Waals surface area (Å²) in [6, 6.07) is 16.4. The average Bonchev–Trinajstić information content (AvgIpc) is 2.44. The van der Waals surface area contributed by atoms with E-state index in [1.807, 2.05) is 37.3 Å². The van der Waals surface area contributed by atoms with Crippen molar-refractivity contribution in [2.75, 3.05) is 0 Å². The van der Waals surface area contributed by atoms with Crippen molar-refractivity contribution in [3.63, 3.8) is 0 Å². The summed E-state index contributed by atoms with van der Waals surface area (Å²) in [7, 11) is 0. The summed E-state index contributed by atoms with van der Waals surface area (Å²) in [5, 5.41) is 0. The molecule has 0 saturated carbocycles. The van der Waals surface area contributed by atoms with E-state index < -0.39 is 0 Å². The lowest BCUT2D eigenvalue weighted by molar-refractivity contribution is 0.482. The van der Waals surface area contributed by atoms with Crippen LogP contribution in [0, 0.1) is 0 Å². The lowest BCUT2D eigenvalue weighted by atomic mass is 10.1. The molecule has 2 aromatic rings. The van der Waals surface area contributed by atoms with Crippen LogP contribution in [0.25, 0.3) is 6.08 Å². The summed E-state index contributed by atoms with van der Waals surface area (Å²) < 4.78 is 5.82. The number of hydrogen-bond acceptors (Lipinski definition) is 1. The Morgan fingerprint density at radius 1 is 0.895 bits per heavy atom. The molecule has 98 valence electrons. The molecule has 0 radical (unpaired) electrons. The smallest absolute Gasteiger partial charge is 0.127 e. The van der Waals surface area contributed by atoms with E-state index in [0.29, 0.717) is 0 Å². The third kappa shape index (κ3) is 3.99. The van der Waals surface area contributed by atoms with Crippen LogP contribution in [0.5, 0.6) is 11.5 Å². The van der Waals surface area contributed by atoms with Crippen LogP contribution in [0.2, 0.25) is 0 Å². The van der Waals surface area contributed by atoms with Crippen LogP contribution >= 0.6 is 0 Å². The van der Waals surface area contributed by atoms with E-state index in [0.717, 1.165) is 17.9 Å². The maximum Gasteiger partial charge on any atom is 0.127 e. The van der Waals surface area contributed by atoms with Gasteiger partial charge in [-0.2, -0.15) is 0 Å². The van der Waals surface area contributed by atoms with Gasteiger partial charge in [0.05, 0.1) is 0 Å². The van der Waals surface area contributed by atoms with Crippen LogP contribution in [0.4, 0.5) is 0 Å². The highest BCUT2D eigenvalue weighted by Gasteiger charge is 1.98. The quantitative estimate of drug-likeness (QED) is 0.686. The van der Waals surface area contributed by atoms with E-state index in [-0.39, 0.29) is 0 Å². The predicted molar refractivity (Wildman–Crippen MR) is 81.7 cm³/mol. The number of aryl methyl sites for hydroxylation is 1. The van der Waals surface area contributed by atoms with Crippen LogP contribution in [0.1, 0.15) is 31.4 Å². The molecule has 0 aliphatic carbocycles. The Balaban J connectivity index is 2.03. The second-order valence-electron chi connectivity index (χ2n) is 4.57. The lowest BCUT2D eigenvalue weighted by Gasteiger charge is -2.07. The third-order valence-electron chi connectivity index (χ3n) is 2.94. The Labute approximate surface area is 115 Å². The van der Waals surface area contributed by atoms with Gasteiger partial charge in [-0.3, -0.25) is 0 Å². The predicted octanol–water partition coefficient (Wildman–Crippen LogP) is 5.46. The number of rotatable bonds is 5. The van der Waals surface area contributed by atoms with Crippen molar-refractivity contribution in [3.8, 4) is 11.5 Å². The van der Waals surface area contributed by atoms with Crippen LogP contribution < -0.4 is 4.74 Å². The fraction of sp³-hybridized carbons (Fsp3) is 0.222. The van der Waals surface area contributed by atoms with Crippen molar-refractivity contribution in [1.29, 1.82) is 0 Å². The average molecular weight is 252 g/mol. The van der Waals surface area contributed by atoms with E-state index >= 15 is 0 Å². The standard InChI is InChI=1S/C18H20O/c1-3-5-15-7-11-17(12-8-15)19-18-13-9-16(6-4-2)10-14-18/h3,5,7-14H,4,6H2,1-2H3. The number of benzene rings is 2. The van der Waals surface area contributed by atoms with Gasteiger partial charge >= 0.3 is 0 Å². The maximum atomic E-state index is 5.82. The zero-order chi connectivity index (χ0) is 13.5. The fourth-order valence-corrected chi connectivity index (χ4v) is 1.99. The molecule has 0 fully saturated rings. The minimum Gasteiger partial charge on any atom is -0.457 e. The maximum absolute atomic E-state index is 5.82. The van der Waals surface area contributed by atoms with Gasteiger partial charge in [-0.25, -0.2) is 0 Å². The topological polar surface area (TPSA) is 9.23 Å². The summed E-state index contributed by atoms with van der Waals surface area (Å²) >= 11 is 0. The summed E-state index contributed by atoms with van der Waals surface area (Å²) in [6.07, 6.45) is 6.40. The number of hydrogen-bond donors (Lipinski definition) is 0. The molecule has 2 rings (SSSR count). The van der Waals surface area contributed by atoms with E-state index in [4.69, 9.17) is 4.74 Å². The molecule has 0 spiro atoms. The molecule has 0 saturated heterocycles. The normalized spacial score (nSPS) is 10.8. The molecule has 0 atom stereocenters. The van der Waals surface area contributed by atoms with Crippen molar-refractivity contribution in [2.45, 2.75) is 26.7 Å². The van der Waals surface area contributed by atoms with Crippen molar-refractivity contribution >= 4 is 6.08 Å². The Morgan fingerprint density at radius 2 is 1.47 bits per heavy atom. The summed E-state index contributed by atoms with van der Waals surface area (Å²) in [5.41, 5.74) is 2.55. The van der Waals surface area contributed by atoms with Gasteiger partial charge in [-0.15, -0.1) is 0 Å². The van der Waals surface area contributed by atoms with Crippen LogP contribution in [0.3, 0.4) is 0 Å². The van der Waals surface area contributed by atoms with Gasteiger partial charge in [0, 0.05) is 0 Å². The minimum atomic E-state index is 0.872. The SMILES string of the molecule is CC=Cc1ccc(Oc2ccc(CCC)cc2)cc1. The minimum absolute atomic E-state index is 0.872. The first-order valence-corrected chi connectivity index (χ1v) is 6.81. The van der Waals surface area contributed by atoms with Crippen molar-refractivity contribution in [3.05, 3.63) is 65.7 Å². The van der Waals surface area contributed by atoms with Gasteiger partial charge < -0.3 is 4.74 Å². The molecule has 0 heterocycles. The molecule has 19 heavy (non-hydrogen) atoms. The van der Waals surface area contributed by atoms with E-state index in [9.17, 15) is 0 Å². The third-order valence-corrected chi connectivity index (χ3v) is 2.94. The van der Waals surface area contributed by atoms with Crippen molar-refractivity contribution < 1.29 is 4.74 Å². The fourth-order valence-electron chi connectivity index (χ4n) is 1.99. The van der Waals surface area contributed by atoms with Crippen molar-refractivity contribution in [1.82, 2.24) is 0 Å². The van der Waals surface area contributed by atoms with Crippen LogP contribution in [-0.2, 0) is 6.42 Å². The summed E-state index contributed by atoms with van der Waals surface area (Å²) in [5.74, 6) is 1.76. The highest BCUT2D eigenvalue weighted by molar-refractivity contribution is 5.50. The second-order valence-corrected chi connectivity index (χ2v) is 4.57. The Morgan fingerprint density at radius 3 is 2.00 bits per heavy atom. The molecule has 0 bridgehead atoms. The van der Waals surface area contributed by atoms with Crippen LogP contribution in [0.15, 0.2) is 54.6 Å². The summed E-state index contributed by atoms with van der Waals surface area (Å²) in [6.45, 7) is 4.21. The van der Waals surface area contributed by atoms with Gasteiger partial charge in [0.2, 0.25) is 0 Å². The molecule has 2 aromatic carbocycles. The monoisotopic (exact) mass is 252 g/mol. The largest absolute Gasteiger partial charge is 0.457 e. The van der Waals surface area contributed by atoms with E-state index in [1.165, 1.54) is 17.5 Å². The highest BCUT2D eigenvalue weighted by atomic mass is 16.5. The molecule has 0 unspecified atom stereocenters. The van der Waals surface area contributed by atoms with Gasteiger partial charge in [0.1, 0.15) is 11.5 Å². The second kappa shape index (κ2) is 6.79. The first-order valence-electron chi connectivity index (χ1n) is 6.81. The highest BCUT2D eigenvalue weighted by Crippen LogP contribution is 2.22. The van der Waals surface area contributed by atoms with Gasteiger partial charge in [-0.05, 0) is 48.7 Å². The summed E-state index contributed by atoms with van der Waals surface area (Å²) in [4.78, 5) is 0. The molecule has 0 amide bonds. The molecular weight excluding hydrogens is 232 g/mol. The zero-order valence-electron chi connectivity index (χ0n) is 11.6. The molecule has 1 nitrogen and oxygen atoms in total. The Hall–Kier alpha value is -2.02. The number of ether oxygens (including phenoxy) is 1. The number of allylic oxidation sites excluding steroid dienone is 1. The Kier molecular flexibility index (Phi) is 4.79. The lowest BCUT2D eigenvalue weighted by Crippen LogP contribution is -1.86. The van der Waals surface area contributed by atoms with Gasteiger partial charge in [-0.1, -0.05) is 49.8 Å². The van der Waals surface area contributed by atoms with Crippen LogP contribution in [-0.4, -0.2) is 0 Å². The van der Waals surface area contributed by atoms with Gasteiger partial charge in [0.25, 0.3) is 0 Å². The molecule has 0 aromatic heterocycles. The van der Waals surface area contributed by atoms with Crippen molar-refractivity contribution in [2.24, 2.45) is 0 Å². The zero-order valence-corrected chi connectivity index (χ0v) is 11.6. The molecule has 0 aliphatic heterocycles. The first kappa shape index (κ1) is 13.4. The van der Waals surface area contributed by atoms with E-state index in [1.54, 1.807) is 0 Å². The molecule has 0 N–H and O–H groups in total. The first-order chi connectivity index (χ1) is 9.31. The Bertz CT molecular complexity index is 521. The molecule has 1 heteroatoms. The molecule has 0 aliphatic rings.